The lowest BCUT2D eigenvalue weighted by atomic mass is 9.89. The molecule has 2 aliphatic heterocycles. The number of anilines is 1. The van der Waals surface area contributed by atoms with Gasteiger partial charge in [0.1, 0.15) is 12.1 Å². The number of hydrogen-bond acceptors (Lipinski definition) is 6. The van der Waals surface area contributed by atoms with Crippen LogP contribution in [0.25, 0.3) is 0 Å². The van der Waals surface area contributed by atoms with Gasteiger partial charge in [0, 0.05) is 49.3 Å². The van der Waals surface area contributed by atoms with Crippen LogP contribution < -0.4 is 5.32 Å². The maximum atomic E-state index is 11.3. The van der Waals surface area contributed by atoms with E-state index in [1.165, 1.54) is 36.8 Å². The van der Waals surface area contributed by atoms with E-state index in [1.54, 1.807) is 12.4 Å². The number of carbonyl (C=O) groups is 1. The predicted molar refractivity (Wildman–Crippen MR) is 111 cm³/mol. The molecule has 0 amide bonds. The molecule has 0 saturated carbocycles. The summed E-state index contributed by atoms with van der Waals surface area (Å²) in [5.41, 5.74) is 3.41. The van der Waals surface area contributed by atoms with Crippen molar-refractivity contribution in [1.82, 2.24) is 19.9 Å². The number of aromatic nitrogens is 3. The summed E-state index contributed by atoms with van der Waals surface area (Å²) in [5, 5.41) is 12.7. The fraction of sp³-hybridized carbons (Fsp3) is 0.545. The summed E-state index contributed by atoms with van der Waals surface area (Å²) < 4.78 is 0. The molecule has 29 heavy (non-hydrogen) atoms. The molecule has 0 radical (unpaired) electrons. The Morgan fingerprint density at radius 1 is 1.24 bits per heavy atom. The predicted octanol–water partition coefficient (Wildman–Crippen LogP) is 3.09. The number of rotatable bonds is 9. The van der Waals surface area contributed by atoms with E-state index in [0.29, 0.717) is 5.92 Å². The number of carboxylic acid groups (broad SMARTS) is 1. The van der Waals surface area contributed by atoms with Crippen molar-refractivity contribution in [2.75, 3.05) is 25.0 Å². The fourth-order valence-electron chi connectivity index (χ4n) is 4.40. The van der Waals surface area contributed by atoms with E-state index in [9.17, 15) is 9.90 Å². The normalized spacial score (nSPS) is 17.8. The summed E-state index contributed by atoms with van der Waals surface area (Å²) in [6.07, 6.45) is 11.9. The molecule has 1 atom stereocenters. The van der Waals surface area contributed by atoms with Gasteiger partial charge in [0.25, 0.3) is 0 Å². The van der Waals surface area contributed by atoms with E-state index in [4.69, 9.17) is 4.98 Å². The molecule has 2 aliphatic rings. The number of carboxylic acids is 1. The number of aryl methyl sites for hydroxylation is 2. The topological polar surface area (TPSA) is 91.2 Å². The monoisotopic (exact) mass is 395 g/mol. The Morgan fingerprint density at radius 2 is 2.07 bits per heavy atom. The SMILES string of the molecule is O=C(O)CC(c1cncnc1)N1CC(CCCCc2ccc3c(n2)NCCC3)C1. The highest BCUT2D eigenvalue weighted by atomic mass is 16.4. The molecule has 1 saturated heterocycles. The van der Waals surface area contributed by atoms with Crippen molar-refractivity contribution >= 4 is 11.8 Å². The summed E-state index contributed by atoms with van der Waals surface area (Å²) in [5.74, 6) is 0.946. The van der Waals surface area contributed by atoms with Crippen molar-refractivity contribution in [3.63, 3.8) is 0 Å². The molecule has 2 aromatic rings. The molecule has 2 aromatic heterocycles. The standard InChI is InChI=1S/C22H29N5O2/c28-21(29)10-20(18-11-23-15-24-12-18)27-13-16(14-27)4-1-2-6-19-8-7-17-5-3-9-25-22(17)26-19/h7-8,11-12,15-16,20H,1-6,9-10,13-14H2,(H,25,26)(H,28,29). The third kappa shape index (κ3) is 5.09. The van der Waals surface area contributed by atoms with E-state index in [-0.39, 0.29) is 12.5 Å². The van der Waals surface area contributed by atoms with Crippen molar-refractivity contribution < 1.29 is 9.90 Å². The van der Waals surface area contributed by atoms with Crippen molar-refractivity contribution in [3.8, 4) is 0 Å². The molecule has 0 aliphatic carbocycles. The van der Waals surface area contributed by atoms with Gasteiger partial charge in [0.15, 0.2) is 0 Å². The maximum Gasteiger partial charge on any atom is 0.305 e. The summed E-state index contributed by atoms with van der Waals surface area (Å²) >= 11 is 0. The van der Waals surface area contributed by atoms with Crippen molar-refractivity contribution in [2.45, 2.75) is 51.0 Å². The van der Waals surface area contributed by atoms with E-state index >= 15 is 0 Å². The number of pyridine rings is 1. The molecular weight excluding hydrogens is 366 g/mol. The van der Waals surface area contributed by atoms with Gasteiger partial charge in [-0.05, 0) is 49.7 Å². The number of aliphatic carboxylic acids is 1. The number of unbranched alkanes of at least 4 members (excludes halogenated alkanes) is 1. The van der Waals surface area contributed by atoms with Gasteiger partial charge >= 0.3 is 5.97 Å². The van der Waals surface area contributed by atoms with E-state index in [1.807, 2.05) is 0 Å². The molecule has 2 N–H and O–H groups in total. The number of fused-ring (bicyclic) bond motifs is 1. The average molecular weight is 396 g/mol. The minimum Gasteiger partial charge on any atom is -0.481 e. The first-order valence-corrected chi connectivity index (χ1v) is 10.6. The lowest BCUT2D eigenvalue weighted by molar-refractivity contribution is -0.139. The second kappa shape index (κ2) is 9.31. The summed E-state index contributed by atoms with van der Waals surface area (Å²) in [6.45, 7) is 2.93. The molecule has 4 rings (SSSR count). The quantitative estimate of drug-likeness (QED) is 0.631. The van der Waals surface area contributed by atoms with Crippen LogP contribution in [-0.2, 0) is 17.6 Å². The maximum absolute atomic E-state index is 11.3. The van der Waals surface area contributed by atoms with Gasteiger partial charge in [0.2, 0.25) is 0 Å². The van der Waals surface area contributed by atoms with Crippen molar-refractivity contribution in [1.29, 1.82) is 0 Å². The Balaban J connectivity index is 1.20. The number of hydrogen-bond donors (Lipinski definition) is 2. The second-order valence-corrected chi connectivity index (χ2v) is 8.19. The molecular formula is C22H29N5O2. The first-order chi connectivity index (χ1) is 14.2. The number of likely N-dealkylation sites (tertiary alicyclic amines) is 1. The zero-order valence-electron chi connectivity index (χ0n) is 16.8. The van der Waals surface area contributed by atoms with Crippen LogP contribution in [0.2, 0.25) is 0 Å². The number of nitrogens with one attached hydrogen (secondary N) is 1. The second-order valence-electron chi connectivity index (χ2n) is 8.19. The van der Waals surface area contributed by atoms with Crippen LogP contribution in [0, 0.1) is 5.92 Å². The first kappa shape index (κ1) is 19.8. The smallest absolute Gasteiger partial charge is 0.305 e. The van der Waals surface area contributed by atoms with Gasteiger partial charge in [-0.25, -0.2) is 15.0 Å². The lowest BCUT2D eigenvalue weighted by Crippen LogP contribution is -2.48. The molecule has 7 nitrogen and oxygen atoms in total. The molecule has 0 bridgehead atoms. The molecule has 4 heterocycles. The molecule has 154 valence electrons. The molecule has 1 fully saturated rings. The average Bonchev–Trinajstić information content (AvgIpc) is 2.71. The van der Waals surface area contributed by atoms with Gasteiger partial charge in [-0.2, -0.15) is 0 Å². The molecule has 1 unspecified atom stereocenters. The lowest BCUT2D eigenvalue weighted by Gasteiger charge is -2.44. The molecule has 0 spiro atoms. The van der Waals surface area contributed by atoms with Crippen LogP contribution in [0.1, 0.15) is 55.0 Å². The summed E-state index contributed by atoms with van der Waals surface area (Å²) in [6, 6.07) is 4.27. The van der Waals surface area contributed by atoms with Gasteiger partial charge in [-0.1, -0.05) is 12.5 Å². The van der Waals surface area contributed by atoms with Crippen LogP contribution in [-0.4, -0.2) is 50.6 Å². The van der Waals surface area contributed by atoms with Crippen molar-refractivity contribution in [2.24, 2.45) is 5.92 Å². The molecule has 0 aromatic carbocycles. The Hall–Kier alpha value is -2.54. The Bertz CT molecular complexity index is 823. The summed E-state index contributed by atoms with van der Waals surface area (Å²) in [4.78, 5) is 26.4. The zero-order valence-corrected chi connectivity index (χ0v) is 16.8. The van der Waals surface area contributed by atoms with Crippen LogP contribution in [0.5, 0.6) is 0 Å². The molecule has 7 heteroatoms. The Kier molecular flexibility index (Phi) is 6.34. The van der Waals surface area contributed by atoms with Crippen LogP contribution in [0.3, 0.4) is 0 Å². The van der Waals surface area contributed by atoms with Gasteiger partial charge in [-0.3, -0.25) is 9.69 Å². The van der Waals surface area contributed by atoms with Gasteiger partial charge < -0.3 is 10.4 Å². The number of nitrogens with zero attached hydrogens (tertiary/aromatic N) is 4. The highest BCUT2D eigenvalue weighted by Crippen LogP contribution is 2.33. The van der Waals surface area contributed by atoms with Gasteiger partial charge in [0.05, 0.1) is 6.42 Å². The van der Waals surface area contributed by atoms with Crippen molar-refractivity contribution in [3.05, 3.63) is 47.7 Å². The minimum absolute atomic E-state index is 0.0954. The zero-order chi connectivity index (χ0) is 20.1. The van der Waals surface area contributed by atoms with Crippen LogP contribution >= 0.6 is 0 Å². The first-order valence-electron chi connectivity index (χ1n) is 10.6. The minimum atomic E-state index is -0.783. The largest absolute Gasteiger partial charge is 0.481 e. The Morgan fingerprint density at radius 3 is 2.86 bits per heavy atom. The summed E-state index contributed by atoms with van der Waals surface area (Å²) in [7, 11) is 0. The third-order valence-electron chi connectivity index (χ3n) is 6.01. The van der Waals surface area contributed by atoms with E-state index < -0.39 is 5.97 Å². The van der Waals surface area contributed by atoms with Crippen LogP contribution in [0.15, 0.2) is 30.9 Å². The third-order valence-corrected chi connectivity index (χ3v) is 6.01. The highest BCUT2D eigenvalue weighted by Gasteiger charge is 2.34. The highest BCUT2D eigenvalue weighted by molar-refractivity contribution is 5.67. The Labute approximate surface area is 171 Å². The van der Waals surface area contributed by atoms with Crippen LogP contribution in [0.4, 0.5) is 5.82 Å². The van der Waals surface area contributed by atoms with E-state index in [2.05, 4.69) is 32.3 Å². The fourth-order valence-corrected chi connectivity index (χ4v) is 4.40. The van der Waals surface area contributed by atoms with E-state index in [0.717, 1.165) is 50.3 Å². The van der Waals surface area contributed by atoms with Gasteiger partial charge in [-0.15, -0.1) is 0 Å².